The molecular formula is C17H23NO5. The van der Waals surface area contributed by atoms with Gasteiger partial charge in [-0.15, -0.1) is 0 Å². The van der Waals surface area contributed by atoms with Gasteiger partial charge in [0.05, 0.1) is 6.61 Å². The zero-order chi connectivity index (χ0) is 17.6. The van der Waals surface area contributed by atoms with Crippen LogP contribution >= 0.6 is 0 Å². The largest absolute Gasteiger partial charge is 0.460 e. The number of carbonyl (C=O) groups is 3. The fraction of sp³-hybridized carbons (Fsp3) is 0.471. The van der Waals surface area contributed by atoms with Gasteiger partial charge in [0.1, 0.15) is 11.6 Å². The lowest BCUT2D eigenvalue weighted by Gasteiger charge is -2.23. The Morgan fingerprint density at radius 2 is 1.70 bits per heavy atom. The molecule has 6 nitrogen and oxygen atoms in total. The first kappa shape index (κ1) is 18.7. The number of amides is 1. The van der Waals surface area contributed by atoms with E-state index in [0.717, 1.165) is 5.56 Å². The molecule has 0 saturated heterocycles. The highest BCUT2D eigenvalue weighted by Crippen LogP contribution is 2.17. The van der Waals surface area contributed by atoms with Gasteiger partial charge in [0.15, 0.2) is 0 Å². The van der Waals surface area contributed by atoms with Crippen LogP contribution < -0.4 is 5.32 Å². The first-order valence-electron chi connectivity index (χ1n) is 7.41. The number of nitrogens with one attached hydrogen (secondary N) is 1. The van der Waals surface area contributed by atoms with E-state index in [0.29, 0.717) is 5.56 Å². The van der Waals surface area contributed by atoms with Crippen molar-refractivity contribution in [3.05, 3.63) is 35.4 Å². The van der Waals surface area contributed by atoms with Crippen LogP contribution in [0.25, 0.3) is 0 Å². The molecule has 0 fully saturated rings. The van der Waals surface area contributed by atoms with Crippen molar-refractivity contribution in [2.45, 2.75) is 46.3 Å². The van der Waals surface area contributed by atoms with Gasteiger partial charge in [0.2, 0.25) is 0 Å². The molecule has 0 aliphatic carbocycles. The smallest absolute Gasteiger partial charge is 0.408 e. The highest BCUT2D eigenvalue weighted by molar-refractivity contribution is 6.36. The number of ether oxygens (including phenoxy) is 2. The van der Waals surface area contributed by atoms with E-state index in [-0.39, 0.29) is 6.61 Å². The molecule has 0 aliphatic heterocycles. The second-order valence-corrected chi connectivity index (χ2v) is 6.07. The maximum Gasteiger partial charge on any atom is 0.408 e. The summed E-state index contributed by atoms with van der Waals surface area (Å²) >= 11 is 0. The number of aryl methyl sites for hydroxylation is 1. The zero-order valence-electron chi connectivity index (χ0n) is 14.1. The lowest BCUT2D eigenvalue weighted by Crippen LogP contribution is -2.40. The highest BCUT2D eigenvalue weighted by atomic mass is 16.6. The summed E-state index contributed by atoms with van der Waals surface area (Å²) in [6.45, 7) is 8.71. The molecule has 0 spiro atoms. The summed E-state index contributed by atoms with van der Waals surface area (Å²) in [6.07, 6.45) is -0.777. The highest BCUT2D eigenvalue weighted by Gasteiger charge is 2.31. The molecule has 23 heavy (non-hydrogen) atoms. The standard InChI is InChI=1S/C17H23NO5/c1-6-22-15(20)14(19)13(12-9-7-11(2)8-10-12)18-16(21)23-17(3,4)5/h7-10,13H,6H2,1-5H3,(H,18,21). The Morgan fingerprint density at radius 3 is 2.17 bits per heavy atom. The van der Waals surface area contributed by atoms with Crippen LogP contribution in [0, 0.1) is 6.92 Å². The van der Waals surface area contributed by atoms with Gasteiger partial charge in [-0.1, -0.05) is 29.8 Å². The number of hydrogen-bond acceptors (Lipinski definition) is 5. The Labute approximate surface area is 136 Å². The van der Waals surface area contributed by atoms with Gasteiger partial charge < -0.3 is 14.8 Å². The fourth-order valence-electron chi connectivity index (χ4n) is 1.80. The van der Waals surface area contributed by atoms with Gasteiger partial charge in [0, 0.05) is 0 Å². The van der Waals surface area contributed by atoms with Gasteiger partial charge in [-0.2, -0.15) is 0 Å². The van der Waals surface area contributed by atoms with Gasteiger partial charge in [-0.05, 0) is 40.2 Å². The second kappa shape index (κ2) is 7.76. The third-order valence-electron chi connectivity index (χ3n) is 2.81. The number of Topliss-reactive ketones (excluding diaryl/α,β-unsaturated/α-hetero) is 1. The molecule has 0 aromatic heterocycles. The normalized spacial score (nSPS) is 12.2. The molecule has 126 valence electrons. The Balaban J connectivity index is 3.01. The number of ketones is 1. The molecular weight excluding hydrogens is 298 g/mol. The van der Waals surface area contributed by atoms with E-state index in [9.17, 15) is 14.4 Å². The van der Waals surface area contributed by atoms with E-state index in [2.05, 4.69) is 5.32 Å². The van der Waals surface area contributed by atoms with Crippen molar-refractivity contribution in [3.8, 4) is 0 Å². The summed E-state index contributed by atoms with van der Waals surface area (Å²) in [6, 6.07) is 5.78. The van der Waals surface area contributed by atoms with Crippen LogP contribution in [-0.2, 0) is 19.1 Å². The molecule has 1 aromatic carbocycles. The third kappa shape index (κ3) is 6.10. The number of hydrogen-bond donors (Lipinski definition) is 1. The lowest BCUT2D eigenvalue weighted by atomic mass is 10.0. The lowest BCUT2D eigenvalue weighted by molar-refractivity contribution is -0.154. The van der Waals surface area contributed by atoms with Crippen LogP contribution in [0.4, 0.5) is 4.79 Å². The summed E-state index contributed by atoms with van der Waals surface area (Å²) in [5, 5.41) is 2.44. The van der Waals surface area contributed by atoms with Crippen LogP contribution in [0.3, 0.4) is 0 Å². The molecule has 0 heterocycles. The Morgan fingerprint density at radius 1 is 1.13 bits per heavy atom. The molecule has 6 heteroatoms. The van der Waals surface area contributed by atoms with Crippen molar-refractivity contribution in [2.24, 2.45) is 0 Å². The van der Waals surface area contributed by atoms with Gasteiger partial charge >= 0.3 is 12.1 Å². The molecule has 1 amide bonds. The minimum atomic E-state index is -1.15. The monoisotopic (exact) mass is 321 g/mol. The van der Waals surface area contributed by atoms with Crippen molar-refractivity contribution in [1.29, 1.82) is 0 Å². The average Bonchev–Trinajstić information content (AvgIpc) is 2.43. The molecule has 1 N–H and O–H groups in total. The first-order valence-corrected chi connectivity index (χ1v) is 7.41. The minimum Gasteiger partial charge on any atom is -0.460 e. The quantitative estimate of drug-likeness (QED) is 0.666. The zero-order valence-corrected chi connectivity index (χ0v) is 14.1. The molecule has 1 unspecified atom stereocenters. The van der Waals surface area contributed by atoms with E-state index < -0.39 is 29.5 Å². The molecule has 0 bridgehead atoms. The van der Waals surface area contributed by atoms with Crippen molar-refractivity contribution in [2.75, 3.05) is 6.61 Å². The second-order valence-electron chi connectivity index (χ2n) is 6.07. The Hall–Kier alpha value is -2.37. The third-order valence-corrected chi connectivity index (χ3v) is 2.81. The van der Waals surface area contributed by atoms with Crippen LogP contribution in [0.5, 0.6) is 0 Å². The van der Waals surface area contributed by atoms with E-state index in [1.807, 2.05) is 6.92 Å². The van der Waals surface area contributed by atoms with Gasteiger partial charge in [-0.25, -0.2) is 9.59 Å². The number of alkyl carbamates (subject to hydrolysis) is 1. The number of carbonyl (C=O) groups excluding carboxylic acids is 3. The van der Waals surface area contributed by atoms with Crippen molar-refractivity contribution >= 4 is 17.8 Å². The maximum atomic E-state index is 12.3. The Kier molecular flexibility index (Phi) is 6.30. The van der Waals surface area contributed by atoms with Crippen molar-refractivity contribution in [1.82, 2.24) is 5.32 Å². The summed E-state index contributed by atoms with van der Waals surface area (Å²) in [7, 11) is 0. The van der Waals surface area contributed by atoms with Crippen LogP contribution in [0.1, 0.15) is 44.9 Å². The average molecular weight is 321 g/mol. The molecule has 1 aromatic rings. The van der Waals surface area contributed by atoms with E-state index >= 15 is 0 Å². The predicted molar refractivity (Wildman–Crippen MR) is 84.9 cm³/mol. The summed E-state index contributed by atoms with van der Waals surface area (Å²) in [4.78, 5) is 36.0. The van der Waals surface area contributed by atoms with Crippen LogP contribution in [-0.4, -0.2) is 30.1 Å². The maximum absolute atomic E-state index is 12.3. The number of rotatable bonds is 5. The fourth-order valence-corrected chi connectivity index (χ4v) is 1.80. The van der Waals surface area contributed by atoms with Crippen LogP contribution in [0.2, 0.25) is 0 Å². The molecule has 0 radical (unpaired) electrons. The summed E-state index contributed by atoms with van der Waals surface area (Å²) in [5.74, 6) is -1.84. The number of benzene rings is 1. The first-order chi connectivity index (χ1) is 10.6. The van der Waals surface area contributed by atoms with Gasteiger partial charge in [0.25, 0.3) is 5.78 Å². The van der Waals surface area contributed by atoms with Gasteiger partial charge in [-0.3, -0.25) is 4.79 Å². The topological polar surface area (TPSA) is 81.7 Å². The van der Waals surface area contributed by atoms with Crippen molar-refractivity contribution in [3.63, 3.8) is 0 Å². The Bertz CT molecular complexity index is 572. The predicted octanol–water partition coefficient (Wildman–Crippen LogP) is 2.69. The van der Waals surface area contributed by atoms with Crippen LogP contribution in [0.15, 0.2) is 24.3 Å². The van der Waals surface area contributed by atoms with E-state index in [1.54, 1.807) is 52.0 Å². The summed E-state index contributed by atoms with van der Waals surface area (Å²) < 4.78 is 9.88. The summed E-state index contributed by atoms with van der Waals surface area (Å²) in [5.41, 5.74) is 0.766. The molecule has 0 saturated carbocycles. The van der Waals surface area contributed by atoms with E-state index in [1.165, 1.54) is 0 Å². The molecule has 1 atom stereocenters. The molecule has 0 aliphatic rings. The van der Waals surface area contributed by atoms with Crippen molar-refractivity contribution < 1.29 is 23.9 Å². The SMILES string of the molecule is CCOC(=O)C(=O)C(NC(=O)OC(C)(C)C)c1ccc(C)cc1. The molecule has 1 rings (SSSR count). The van der Waals surface area contributed by atoms with E-state index in [4.69, 9.17) is 9.47 Å². The number of esters is 1. The minimum absolute atomic E-state index is 0.0810.